The van der Waals surface area contributed by atoms with Crippen LogP contribution in [0.25, 0.3) is 0 Å². The second-order valence-electron chi connectivity index (χ2n) is 4.52. The van der Waals surface area contributed by atoms with E-state index in [0.29, 0.717) is 0 Å². The minimum Gasteiger partial charge on any atom is -0.0654 e. The summed E-state index contributed by atoms with van der Waals surface area (Å²) in [6.45, 7) is 11.7. The van der Waals surface area contributed by atoms with Crippen LogP contribution in [0.5, 0.6) is 0 Å². The van der Waals surface area contributed by atoms with Gasteiger partial charge in [0.2, 0.25) is 0 Å². The quantitative estimate of drug-likeness (QED) is 0.551. The zero-order valence-electron chi connectivity index (χ0n) is 9.56. The molecule has 0 saturated heterocycles. The van der Waals surface area contributed by atoms with E-state index in [0.717, 1.165) is 17.8 Å². The van der Waals surface area contributed by atoms with Crippen LogP contribution in [0.15, 0.2) is 0 Å². The summed E-state index contributed by atoms with van der Waals surface area (Å²) in [5, 5.41) is 0. The molecule has 0 saturated carbocycles. The molecule has 0 amide bonds. The van der Waals surface area contributed by atoms with Crippen LogP contribution in [-0.4, -0.2) is 0 Å². The zero-order valence-corrected chi connectivity index (χ0v) is 9.56. The van der Waals surface area contributed by atoms with E-state index in [4.69, 9.17) is 0 Å². The van der Waals surface area contributed by atoms with Gasteiger partial charge in [-0.3, -0.25) is 0 Å². The van der Waals surface area contributed by atoms with Gasteiger partial charge in [0.15, 0.2) is 0 Å². The van der Waals surface area contributed by atoms with E-state index in [1.54, 1.807) is 0 Å². The molecule has 0 rings (SSSR count). The van der Waals surface area contributed by atoms with Crippen LogP contribution in [0.2, 0.25) is 0 Å². The maximum Gasteiger partial charge on any atom is -0.0414 e. The predicted octanol–water partition coefficient (Wildman–Crippen LogP) is 4.49. The average molecular weight is 170 g/mol. The third-order valence-corrected chi connectivity index (χ3v) is 3.12. The molecule has 0 aromatic carbocycles. The van der Waals surface area contributed by atoms with Gasteiger partial charge in [0, 0.05) is 0 Å². The highest BCUT2D eigenvalue weighted by atomic mass is 14.2. The molecule has 0 aliphatic heterocycles. The molecule has 0 radical (unpaired) electrons. The Hall–Kier alpha value is 0. The van der Waals surface area contributed by atoms with Gasteiger partial charge in [-0.2, -0.15) is 0 Å². The normalized spacial score (nSPS) is 16.5. The lowest BCUT2D eigenvalue weighted by Gasteiger charge is -2.21. The molecule has 0 aliphatic carbocycles. The van der Waals surface area contributed by atoms with Crippen molar-refractivity contribution in [2.24, 2.45) is 17.8 Å². The molecule has 0 N–H and O–H groups in total. The van der Waals surface area contributed by atoms with Crippen molar-refractivity contribution in [3.8, 4) is 0 Å². The molecule has 12 heavy (non-hydrogen) atoms. The number of hydrogen-bond acceptors (Lipinski definition) is 0. The van der Waals surface area contributed by atoms with Gasteiger partial charge in [-0.1, -0.05) is 53.9 Å². The van der Waals surface area contributed by atoms with Crippen LogP contribution in [0.4, 0.5) is 0 Å². The smallest absolute Gasteiger partial charge is 0.0414 e. The maximum atomic E-state index is 2.39. The third-order valence-electron chi connectivity index (χ3n) is 3.12. The van der Waals surface area contributed by atoms with Crippen molar-refractivity contribution < 1.29 is 0 Å². The Morgan fingerprint density at radius 2 is 1.58 bits per heavy atom. The molecule has 0 nitrogen and oxygen atoms in total. The van der Waals surface area contributed by atoms with E-state index in [1.165, 1.54) is 25.7 Å². The minimum atomic E-state index is 0.857. The van der Waals surface area contributed by atoms with Crippen molar-refractivity contribution in [3.05, 3.63) is 0 Å². The van der Waals surface area contributed by atoms with Crippen molar-refractivity contribution >= 4 is 0 Å². The van der Waals surface area contributed by atoms with Gasteiger partial charge in [0.25, 0.3) is 0 Å². The van der Waals surface area contributed by atoms with Gasteiger partial charge in [0.05, 0.1) is 0 Å². The lowest BCUT2D eigenvalue weighted by atomic mass is 9.85. The fourth-order valence-electron chi connectivity index (χ4n) is 1.69. The second-order valence-corrected chi connectivity index (χ2v) is 4.52. The summed E-state index contributed by atoms with van der Waals surface area (Å²) < 4.78 is 0. The molecule has 0 fully saturated rings. The summed E-state index contributed by atoms with van der Waals surface area (Å²) in [5.41, 5.74) is 0. The van der Waals surface area contributed by atoms with Crippen molar-refractivity contribution in [3.63, 3.8) is 0 Å². The van der Waals surface area contributed by atoms with Crippen LogP contribution in [0.1, 0.15) is 60.3 Å². The molecule has 74 valence electrons. The Balaban J connectivity index is 3.68. The second kappa shape index (κ2) is 6.51. The molecule has 0 aromatic rings. The Morgan fingerprint density at radius 3 is 1.92 bits per heavy atom. The van der Waals surface area contributed by atoms with E-state index in [1.807, 2.05) is 0 Å². The van der Waals surface area contributed by atoms with Gasteiger partial charge < -0.3 is 0 Å². The number of rotatable bonds is 6. The highest BCUT2D eigenvalue weighted by molar-refractivity contribution is 4.64. The summed E-state index contributed by atoms with van der Waals surface area (Å²) in [7, 11) is 0. The maximum absolute atomic E-state index is 2.39. The molecule has 0 heteroatoms. The monoisotopic (exact) mass is 170 g/mol. The van der Waals surface area contributed by atoms with Crippen molar-refractivity contribution in [1.82, 2.24) is 0 Å². The van der Waals surface area contributed by atoms with E-state index in [9.17, 15) is 0 Å². The molecule has 0 spiro atoms. The van der Waals surface area contributed by atoms with Crippen molar-refractivity contribution in [2.45, 2.75) is 60.3 Å². The molecule has 0 heterocycles. The first-order valence-electron chi connectivity index (χ1n) is 5.61. The topological polar surface area (TPSA) is 0 Å². The lowest BCUT2D eigenvalue weighted by molar-refractivity contribution is 0.299. The van der Waals surface area contributed by atoms with Gasteiger partial charge in [-0.25, -0.2) is 0 Å². The lowest BCUT2D eigenvalue weighted by Crippen LogP contribution is -2.10. The molecule has 0 aliphatic rings. The minimum absolute atomic E-state index is 0.857. The van der Waals surface area contributed by atoms with E-state index < -0.39 is 0 Å². The predicted molar refractivity (Wildman–Crippen MR) is 57.3 cm³/mol. The van der Waals surface area contributed by atoms with Crippen LogP contribution in [-0.2, 0) is 0 Å². The molecule has 2 atom stereocenters. The standard InChI is InChI=1S/C12H26/c1-6-8-12(7-2)9-11(5)10(3)4/h10-12H,6-9H2,1-5H3. The van der Waals surface area contributed by atoms with E-state index in [2.05, 4.69) is 34.6 Å². The Kier molecular flexibility index (Phi) is 6.51. The zero-order chi connectivity index (χ0) is 9.56. The SMILES string of the molecule is CCCC(CC)CC(C)C(C)C. The molecular weight excluding hydrogens is 144 g/mol. The van der Waals surface area contributed by atoms with Crippen molar-refractivity contribution in [1.29, 1.82) is 0 Å². The number of hydrogen-bond donors (Lipinski definition) is 0. The highest BCUT2D eigenvalue weighted by Crippen LogP contribution is 2.24. The first-order chi connectivity index (χ1) is 5.61. The molecule has 0 aromatic heterocycles. The highest BCUT2D eigenvalue weighted by Gasteiger charge is 2.13. The first kappa shape index (κ1) is 12.0. The summed E-state index contributed by atoms with van der Waals surface area (Å²) in [4.78, 5) is 0. The van der Waals surface area contributed by atoms with Crippen LogP contribution in [0, 0.1) is 17.8 Å². The summed E-state index contributed by atoms with van der Waals surface area (Å²) in [6, 6.07) is 0. The molecular formula is C12H26. The van der Waals surface area contributed by atoms with E-state index >= 15 is 0 Å². The van der Waals surface area contributed by atoms with Crippen LogP contribution < -0.4 is 0 Å². The summed E-state index contributed by atoms with van der Waals surface area (Å²) in [5.74, 6) is 2.74. The Morgan fingerprint density at radius 1 is 1.00 bits per heavy atom. The summed E-state index contributed by atoms with van der Waals surface area (Å²) in [6.07, 6.45) is 5.57. The molecule has 0 bridgehead atoms. The van der Waals surface area contributed by atoms with Gasteiger partial charge in [-0.05, 0) is 24.2 Å². The van der Waals surface area contributed by atoms with E-state index in [-0.39, 0.29) is 0 Å². The van der Waals surface area contributed by atoms with Gasteiger partial charge in [0.1, 0.15) is 0 Å². The fourth-order valence-corrected chi connectivity index (χ4v) is 1.69. The largest absolute Gasteiger partial charge is 0.0654 e. The molecule has 2 unspecified atom stereocenters. The van der Waals surface area contributed by atoms with Gasteiger partial charge >= 0.3 is 0 Å². The Labute approximate surface area is 78.8 Å². The van der Waals surface area contributed by atoms with Crippen LogP contribution >= 0.6 is 0 Å². The summed E-state index contributed by atoms with van der Waals surface area (Å²) >= 11 is 0. The Bertz CT molecular complexity index is 94.2. The fraction of sp³-hybridized carbons (Fsp3) is 1.00. The van der Waals surface area contributed by atoms with Gasteiger partial charge in [-0.15, -0.1) is 0 Å². The third kappa shape index (κ3) is 4.79. The van der Waals surface area contributed by atoms with Crippen molar-refractivity contribution in [2.75, 3.05) is 0 Å². The first-order valence-corrected chi connectivity index (χ1v) is 5.61. The average Bonchev–Trinajstić information content (AvgIpc) is 2.03. The van der Waals surface area contributed by atoms with Crippen LogP contribution in [0.3, 0.4) is 0 Å².